The summed E-state index contributed by atoms with van der Waals surface area (Å²) >= 11 is 5.82. The molecule has 1 aliphatic heterocycles. The molecule has 1 saturated heterocycles. The number of likely N-dealkylation sites (tertiary alicyclic amines) is 1. The lowest BCUT2D eigenvalue weighted by Gasteiger charge is -2.29. The van der Waals surface area contributed by atoms with E-state index in [2.05, 4.69) is 10.4 Å². The van der Waals surface area contributed by atoms with E-state index in [4.69, 9.17) is 17.3 Å². The maximum absolute atomic E-state index is 14.3. The highest BCUT2D eigenvalue weighted by Crippen LogP contribution is 2.25. The van der Waals surface area contributed by atoms with Crippen LogP contribution >= 0.6 is 11.6 Å². The van der Waals surface area contributed by atoms with Crippen molar-refractivity contribution in [2.75, 3.05) is 11.9 Å². The number of para-hydroxylation sites is 1. The van der Waals surface area contributed by atoms with Crippen LogP contribution in [0.4, 0.5) is 10.1 Å². The number of fused-ring (bicyclic) bond motifs is 1. The Kier molecular flexibility index (Phi) is 6.60. The molecule has 1 unspecified atom stereocenters. The van der Waals surface area contributed by atoms with Crippen LogP contribution in [0.3, 0.4) is 0 Å². The average Bonchev–Trinajstić information content (AvgIpc) is 2.98. The summed E-state index contributed by atoms with van der Waals surface area (Å²) in [4.78, 5) is 39.7. The maximum Gasteiger partial charge on any atom is 0.269 e. The first-order valence-corrected chi connectivity index (χ1v) is 11.0. The van der Waals surface area contributed by atoms with E-state index in [1.807, 2.05) is 0 Å². The van der Waals surface area contributed by atoms with Crippen molar-refractivity contribution in [3.63, 3.8) is 0 Å². The molecule has 0 radical (unpaired) electrons. The molecule has 1 fully saturated rings. The first kappa shape index (κ1) is 22.7. The minimum Gasteiger partial charge on any atom is -0.364 e. The second kappa shape index (κ2) is 9.58. The highest BCUT2D eigenvalue weighted by atomic mass is 35.5. The molecule has 172 valence electrons. The number of nitrogens with two attached hydrogens (primary N) is 1. The van der Waals surface area contributed by atoms with Crippen molar-refractivity contribution in [1.29, 1.82) is 0 Å². The minimum atomic E-state index is -0.768. The summed E-state index contributed by atoms with van der Waals surface area (Å²) in [6, 6.07) is 10.6. The number of hydrogen-bond acceptors (Lipinski definition) is 4. The molecule has 4 rings (SSSR count). The van der Waals surface area contributed by atoms with Gasteiger partial charge in [-0.1, -0.05) is 48.7 Å². The van der Waals surface area contributed by atoms with Crippen molar-refractivity contribution < 1.29 is 18.8 Å². The van der Waals surface area contributed by atoms with E-state index in [0.29, 0.717) is 23.9 Å². The Bertz CT molecular complexity index is 1230. The van der Waals surface area contributed by atoms with Crippen LogP contribution in [0.25, 0.3) is 10.9 Å². The smallest absolute Gasteiger partial charge is 0.269 e. The molecule has 2 aromatic carbocycles. The fourth-order valence-electron chi connectivity index (χ4n) is 4.14. The van der Waals surface area contributed by atoms with E-state index in [1.54, 1.807) is 24.3 Å². The number of aromatic nitrogens is 2. The lowest BCUT2D eigenvalue weighted by Crippen LogP contribution is -2.48. The zero-order valence-electron chi connectivity index (χ0n) is 17.8. The summed E-state index contributed by atoms with van der Waals surface area (Å²) in [5.41, 5.74) is 6.09. The van der Waals surface area contributed by atoms with E-state index in [0.717, 1.165) is 19.3 Å². The van der Waals surface area contributed by atoms with Gasteiger partial charge >= 0.3 is 0 Å². The minimum absolute atomic E-state index is 0.0340. The van der Waals surface area contributed by atoms with Crippen LogP contribution in [0.1, 0.15) is 36.2 Å². The van der Waals surface area contributed by atoms with Gasteiger partial charge in [0.2, 0.25) is 11.8 Å². The molecule has 10 heteroatoms. The third-order valence-electron chi connectivity index (χ3n) is 5.76. The largest absolute Gasteiger partial charge is 0.364 e. The summed E-state index contributed by atoms with van der Waals surface area (Å²) in [6.07, 6.45) is 2.83. The molecule has 0 bridgehead atoms. The van der Waals surface area contributed by atoms with Crippen LogP contribution in [0.5, 0.6) is 0 Å². The number of amides is 3. The molecule has 2 heterocycles. The van der Waals surface area contributed by atoms with Crippen LogP contribution in [0, 0.1) is 5.82 Å². The zero-order chi connectivity index (χ0) is 23.5. The summed E-state index contributed by atoms with van der Waals surface area (Å²) in [5.74, 6) is -2.21. The van der Waals surface area contributed by atoms with Gasteiger partial charge in [-0.05, 0) is 31.0 Å². The number of nitrogens with zero attached hydrogens (tertiary/aromatic N) is 3. The van der Waals surface area contributed by atoms with E-state index >= 15 is 0 Å². The Morgan fingerprint density at radius 1 is 1.12 bits per heavy atom. The van der Waals surface area contributed by atoms with E-state index in [1.165, 1.54) is 27.8 Å². The van der Waals surface area contributed by atoms with E-state index in [-0.39, 0.29) is 28.9 Å². The van der Waals surface area contributed by atoms with Crippen LogP contribution in [-0.2, 0) is 16.1 Å². The fourth-order valence-corrected chi connectivity index (χ4v) is 4.32. The van der Waals surface area contributed by atoms with E-state index in [9.17, 15) is 18.8 Å². The van der Waals surface area contributed by atoms with Gasteiger partial charge in [-0.2, -0.15) is 5.10 Å². The number of carbonyl (C=O) groups is 3. The van der Waals surface area contributed by atoms with Crippen LogP contribution in [0.15, 0.2) is 42.5 Å². The lowest BCUT2D eigenvalue weighted by atomic mass is 10.1. The summed E-state index contributed by atoms with van der Waals surface area (Å²) in [5, 5.41) is 7.26. The molecule has 3 aromatic rings. The van der Waals surface area contributed by atoms with E-state index < -0.39 is 23.7 Å². The first-order chi connectivity index (χ1) is 15.9. The number of nitrogens with one attached hydrogen (secondary N) is 1. The van der Waals surface area contributed by atoms with Gasteiger partial charge in [0, 0.05) is 11.9 Å². The normalized spacial score (nSPS) is 16.4. The van der Waals surface area contributed by atoms with Gasteiger partial charge < -0.3 is 16.0 Å². The molecule has 1 atom stereocenters. The first-order valence-electron chi connectivity index (χ1n) is 10.7. The Morgan fingerprint density at radius 2 is 1.91 bits per heavy atom. The van der Waals surface area contributed by atoms with Gasteiger partial charge in [0.25, 0.3) is 5.91 Å². The SMILES string of the molecule is NC(=O)c1nn(CC(=O)N2CCCCCC2C(=O)Nc2cccc(Cl)c2F)c2ccccc12. The molecule has 8 nitrogen and oxygen atoms in total. The highest BCUT2D eigenvalue weighted by Gasteiger charge is 2.32. The molecule has 0 saturated carbocycles. The van der Waals surface area contributed by atoms with Crippen molar-refractivity contribution in [2.45, 2.75) is 38.3 Å². The Balaban J connectivity index is 1.59. The van der Waals surface area contributed by atoms with Gasteiger partial charge in [0.1, 0.15) is 12.6 Å². The van der Waals surface area contributed by atoms with Gasteiger partial charge in [-0.3, -0.25) is 19.1 Å². The highest BCUT2D eigenvalue weighted by molar-refractivity contribution is 6.31. The maximum atomic E-state index is 14.3. The molecule has 3 N–H and O–H groups in total. The Hall–Kier alpha value is -3.46. The predicted octanol–water partition coefficient (Wildman–Crippen LogP) is 3.34. The second-order valence-corrected chi connectivity index (χ2v) is 8.34. The molecular weight excluding hydrogens is 449 g/mol. The zero-order valence-corrected chi connectivity index (χ0v) is 18.5. The molecule has 1 aliphatic rings. The number of halogens is 2. The predicted molar refractivity (Wildman–Crippen MR) is 122 cm³/mol. The van der Waals surface area contributed by atoms with Crippen molar-refractivity contribution in [3.8, 4) is 0 Å². The van der Waals surface area contributed by atoms with Gasteiger partial charge in [0.15, 0.2) is 11.5 Å². The van der Waals surface area contributed by atoms with Gasteiger partial charge in [0.05, 0.1) is 16.2 Å². The monoisotopic (exact) mass is 471 g/mol. The second-order valence-electron chi connectivity index (χ2n) is 7.93. The molecule has 3 amide bonds. The van der Waals surface area contributed by atoms with Gasteiger partial charge in [-0.15, -0.1) is 0 Å². The van der Waals surface area contributed by atoms with Crippen molar-refractivity contribution in [2.24, 2.45) is 5.73 Å². The van der Waals surface area contributed by atoms with Crippen LogP contribution in [0.2, 0.25) is 5.02 Å². The average molecular weight is 472 g/mol. The topological polar surface area (TPSA) is 110 Å². The van der Waals surface area contributed by atoms with Gasteiger partial charge in [-0.25, -0.2) is 4.39 Å². The molecule has 0 aliphatic carbocycles. The number of hydrogen-bond donors (Lipinski definition) is 2. The molecule has 1 aromatic heterocycles. The van der Waals surface area contributed by atoms with Crippen molar-refractivity contribution in [1.82, 2.24) is 14.7 Å². The third-order valence-corrected chi connectivity index (χ3v) is 6.05. The number of primary amides is 1. The summed E-state index contributed by atoms with van der Waals surface area (Å²) in [6.45, 7) is 0.222. The van der Waals surface area contributed by atoms with Crippen LogP contribution in [-0.4, -0.2) is 45.0 Å². The van der Waals surface area contributed by atoms with Crippen LogP contribution < -0.4 is 11.1 Å². The number of carbonyl (C=O) groups excluding carboxylic acids is 3. The Morgan fingerprint density at radius 3 is 2.70 bits per heavy atom. The van der Waals surface area contributed by atoms with Crippen molar-refractivity contribution in [3.05, 3.63) is 59.0 Å². The molecular formula is C23H23ClFN5O3. The lowest BCUT2D eigenvalue weighted by molar-refractivity contribution is -0.139. The quantitative estimate of drug-likeness (QED) is 0.594. The third kappa shape index (κ3) is 4.68. The molecule has 33 heavy (non-hydrogen) atoms. The number of anilines is 1. The number of benzene rings is 2. The molecule has 0 spiro atoms. The summed E-state index contributed by atoms with van der Waals surface area (Å²) < 4.78 is 15.7. The Labute approximate surface area is 194 Å². The standard InChI is InChI=1S/C23H23ClFN5O3/c24-15-8-6-9-16(20(15)25)27-23(33)18-11-2-1-5-12-29(18)19(31)13-30-17-10-4-3-7-14(17)21(28-30)22(26)32/h3-4,6-10,18H,1-2,5,11-13H2,(H2,26,32)(H,27,33). The van der Waals surface area contributed by atoms with Crippen molar-refractivity contribution >= 4 is 45.9 Å². The fraction of sp³-hybridized carbons (Fsp3) is 0.304. The number of rotatable bonds is 5. The summed E-state index contributed by atoms with van der Waals surface area (Å²) in [7, 11) is 0.